The third-order valence-corrected chi connectivity index (χ3v) is 3.65. The van der Waals surface area contributed by atoms with E-state index in [4.69, 9.17) is 18.9 Å². The largest absolute Gasteiger partial charge is 0.462 e. The van der Waals surface area contributed by atoms with Crippen LogP contribution in [0.2, 0.25) is 0 Å². The summed E-state index contributed by atoms with van der Waals surface area (Å²) in [5, 5.41) is 2.61. The van der Waals surface area contributed by atoms with Crippen LogP contribution in [-0.4, -0.2) is 57.0 Å². The second-order valence-corrected chi connectivity index (χ2v) is 6.63. The normalized spacial score (nSPS) is 9.93. The molecule has 0 aliphatic carbocycles. The Labute approximate surface area is 177 Å². The fourth-order valence-corrected chi connectivity index (χ4v) is 2.04. The molecule has 0 aliphatic heterocycles. The monoisotopic (exact) mass is 427 g/mol. The molecule has 0 heterocycles. The Morgan fingerprint density at radius 2 is 1.13 bits per heavy atom. The third-order valence-electron chi connectivity index (χ3n) is 3.65. The minimum absolute atomic E-state index is 0.0127. The maximum atomic E-state index is 11.5. The van der Waals surface area contributed by atoms with Crippen molar-refractivity contribution in [2.45, 2.75) is 52.4 Å². The van der Waals surface area contributed by atoms with Gasteiger partial charge in [0.2, 0.25) is 0 Å². The Hall–Kier alpha value is -2.84. The van der Waals surface area contributed by atoms with Crippen LogP contribution in [-0.2, 0) is 33.3 Å². The van der Waals surface area contributed by atoms with E-state index in [1.165, 1.54) is 6.92 Å². The van der Waals surface area contributed by atoms with Gasteiger partial charge in [0.15, 0.2) is 0 Å². The molecule has 0 unspecified atom stereocenters. The molecule has 0 aromatic heterocycles. The van der Waals surface area contributed by atoms with E-state index in [0.717, 1.165) is 25.7 Å². The predicted octanol–water partition coefficient (Wildman–Crippen LogP) is 2.84. The predicted molar refractivity (Wildman–Crippen MR) is 110 cm³/mol. The van der Waals surface area contributed by atoms with E-state index in [1.54, 1.807) is 6.92 Å². The van der Waals surface area contributed by atoms with Gasteiger partial charge in [-0.3, -0.25) is 4.79 Å². The Kier molecular flexibility index (Phi) is 15.4. The summed E-state index contributed by atoms with van der Waals surface area (Å²) in [6.45, 7) is 10.5. The highest BCUT2D eigenvalue weighted by atomic mass is 16.6. The average Bonchev–Trinajstić information content (AvgIpc) is 2.69. The van der Waals surface area contributed by atoms with Crippen LogP contribution in [0.4, 0.5) is 4.79 Å². The summed E-state index contributed by atoms with van der Waals surface area (Å²) in [5.74, 6) is -1.34. The quantitative estimate of drug-likeness (QED) is 0.173. The molecule has 0 spiro atoms. The fraction of sp³-hybridized carbons (Fsp3) is 0.619. The number of ether oxygens (including phenoxy) is 4. The number of rotatable bonds is 16. The van der Waals surface area contributed by atoms with Crippen LogP contribution < -0.4 is 5.32 Å². The zero-order chi connectivity index (χ0) is 22.8. The Morgan fingerprint density at radius 1 is 0.667 bits per heavy atom. The van der Waals surface area contributed by atoms with Crippen LogP contribution >= 0.6 is 0 Å². The van der Waals surface area contributed by atoms with Crippen molar-refractivity contribution in [3.63, 3.8) is 0 Å². The van der Waals surface area contributed by atoms with Crippen LogP contribution in [0.25, 0.3) is 0 Å². The number of amides is 1. The lowest BCUT2D eigenvalue weighted by atomic mass is 10.1. The second-order valence-electron chi connectivity index (χ2n) is 6.63. The molecule has 0 aromatic carbocycles. The van der Waals surface area contributed by atoms with Crippen molar-refractivity contribution in [1.29, 1.82) is 0 Å². The molecule has 0 radical (unpaired) electrons. The second kappa shape index (κ2) is 17.1. The van der Waals surface area contributed by atoms with Gasteiger partial charge < -0.3 is 24.3 Å². The number of nitrogens with one attached hydrogen (secondary N) is 1. The van der Waals surface area contributed by atoms with Gasteiger partial charge in [-0.2, -0.15) is 0 Å². The van der Waals surface area contributed by atoms with E-state index in [2.05, 4.69) is 18.5 Å². The van der Waals surface area contributed by atoms with Gasteiger partial charge in [-0.25, -0.2) is 14.4 Å². The van der Waals surface area contributed by atoms with Crippen molar-refractivity contribution in [3.05, 3.63) is 24.3 Å². The van der Waals surface area contributed by atoms with Crippen LogP contribution in [0.15, 0.2) is 24.3 Å². The molecule has 170 valence electrons. The minimum atomic E-state index is -0.557. The zero-order valence-corrected chi connectivity index (χ0v) is 18.0. The van der Waals surface area contributed by atoms with Gasteiger partial charge in [-0.1, -0.05) is 32.4 Å². The first-order valence-electron chi connectivity index (χ1n) is 9.95. The number of unbranched alkanes of at least 4 members (excludes halogenated alkanes) is 4. The van der Waals surface area contributed by atoms with Gasteiger partial charge in [0.05, 0.1) is 0 Å². The molecule has 0 aromatic rings. The van der Waals surface area contributed by atoms with E-state index in [1.807, 2.05) is 0 Å². The third kappa shape index (κ3) is 16.1. The van der Waals surface area contributed by atoms with Crippen molar-refractivity contribution in [2.75, 3.05) is 33.0 Å². The van der Waals surface area contributed by atoms with Gasteiger partial charge in [0, 0.05) is 24.1 Å². The van der Waals surface area contributed by atoms with Gasteiger partial charge in [0.1, 0.15) is 26.4 Å². The maximum Gasteiger partial charge on any atom is 0.407 e. The lowest BCUT2D eigenvalue weighted by Crippen LogP contribution is -2.26. The first-order valence-corrected chi connectivity index (χ1v) is 9.95. The molecule has 9 nitrogen and oxygen atoms in total. The molecular weight excluding hydrogens is 394 g/mol. The summed E-state index contributed by atoms with van der Waals surface area (Å²) >= 11 is 0. The Balaban J connectivity index is 3.44. The first kappa shape index (κ1) is 27.2. The molecule has 0 bridgehead atoms. The Bertz CT molecular complexity index is 548. The molecule has 1 amide bonds. The minimum Gasteiger partial charge on any atom is -0.462 e. The zero-order valence-electron chi connectivity index (χ0n) is 18.0. The highest BCUT2D eigenvalue weighted by molar-refractivity contribution is 5.87. The molecule has 0 rings (SSSR count). The molecule has 9 heteroatoms. The molecule has 0 fully saturated rings. The summed E-state index contributed by atoms with van der Waals surface area (Å²) in [7, 11) is 0. The summed E-state index contributed by atoms with van der Waals surface area (Å²) in [6, 6.07) is 0. The topological polar surface area (TPSA) is 117 Å². The molecular formula is C21H33NO8. The van der Waals surface area contributed by atoms with Gasteiger partial charge >= 0.3 is 24.0 Å². The van der Waals surface area contributed by atoms with Crippen LogP contribution in [0.1, 0.15) is 52.4 Å². The highest BCUT2D eigenvalue weighted by Gasteiger charge is 2.06. The van der Waals surface area contributed by atoms with Gasteiger partial charge in [-0.15, -0.1) is 0 Å². The number of hydrogen-bond donors (Lipinski definition) is 1. The molecule has 1 N–H and O–H groups in total. The van der Waals surface area contributed by atoms with E-state index in [9.17, 15) is 19.2 Å². The molecule has 0 saturated carbocycles. The summed E-state index contributed by atoms with van der Waals surface area (Å²) in [6.07, 6.45) is 3.96. The van der Waals surface area contributed by atoms with E-state index < -0.39 is 18.0 Å². The number of carbonyl (C=O) groups excluding carboxylic acids is 4. The van der Waals surface area contributed by atoms with Gasteiger partial charge in [0.25, 0.3) is 0 Å². The van der Waals surface area contributed by atoms with Crippen LogP contribution in [0.5, 0.6) is 0 Å². The van der Waals surface area contributed by atoms with Crippen molar-refractivity contribution >= 4 is 24.0 Å². The lowest BCUT2D eigenvalue weighted by molar-refractivity contribution is -0.150. The number of esters is 3. The number of alkyl carbamates (subject to hydrolysis) is 1. The fourth-order valence-electron chi connectivity index (χ4n) is 2.04. The first-order chi connectivity index (χ1) is 14.2. The number of hydrogen-bond acceptors (Lipinski definition) is 8. The smallest absolute Gasteiger partial charge is 0.407 e. The molecule has 0 saturated heterocycles. The summed E-state index contributed by atoms with van der Waals surface area (Å²) in [4.78, 5) is 45.2. The lowest BCUT2D eigenvalue weighted by Gasteiger charge is -2.08. The summed E-state index contributed by atoms with van der Waals surface area (Å²) < 4.78 is 19.5. The van der Waals surface area contributed by atoms with Gasteiger partial charge in [-0.05, 0) is 26.7 Å². The molecule has 30 heavy (non-hydrogen) atoms. The Morgan fingerprint density at radius 3 is 1.70 bits per heavy atom. The van der Waals surface area contributed by atoms with Crippen LogP contribution in [0, 0.1) is 0 Å². The van der Waals surface area contributed by atoms with Crippen molar-refractivity contribution < 1.29 is 38.1 Å². The van der Waals surface area contributed by atoms with Crippen molar-refractivity contribution in [2.24, 2.45) is 0 Å². The van der Waals surface area contributed by atoms with E-state index in [0.29, 0.717) is 25.0 Å². The van der Waals surface area contributed by atoms with Crippen molar-refractivity contribution in [1.82, 2.24) is 5.32 Å². The molecule has 0 aliphatic rings. The maximum absolute atomic E-state index is 11.5. The van der Waals surface area contributed by atoms with Crippen molar-refractivity contribution in [3.8, 4) is 0 Å². The standard InChI is InChI=1S/C21H33NO8/c1-16(2)19(24)28-13-12-27-18(23)10-8-6-5-7-9-11-22-21(26)30-15-14-29-20(25)17(3)4/h1,3,5-15H2,2,4H3,(H,22,26). The average molecular weight is 427 g/mol. The highest BCUT2D eigenvalue weighted by Crippen LogP contribution is 2.06. The van der Waals surface area contributed by atoms with E-state index >= 15 is 0 Å². The number of carbonyl (C=O) groups is 4. The molecule has 0 atom stereocenters. The SMILES string of the molecule is C=C(C)C(=O)OCCOC(=O)CCCCCCCNC(=O)OCCOC(=O)C(=C)C. The summed E-state index contributed by atoms with van der Waals surface area (Å²) in [5.41, 5.74) is 0.591. The van der Waals surface area contributed by atoms with Crippen LogP contribution in [0.3, 0.4) is 0 Å². The van der Waals surface area contributed by atoms with E-state index in [-0.39, 0.29) is 38.0 Å².